The van der Waals surface area contributed by atoms with Crippen LogP contribution < -0.4 is 30.0 Å². The molecule has 0 unspecified atom stereocenters. The third-order valence-electron chi connectivity index (χ3n) is 10.3. The lowest BCUT2D eigenvalue weighted by Crippen LogP contribution is -2.40. The maximum atomic E-state index is 12.1. The number of esters is 1. The van der Waals surface area contributed by atoms with Crippen molar-refractivity contribution < 1.29 is 63.1 Å². The number of benzene rings is 6. The Morgan fingerprint density at radius 1 is 0.662 bits per heavy atom. The molecule has 20 heteroatoms. The predicted molar refractivity (Wildman–Crippen MR) is 288 cm³/mol. The van der Waals surface area contributed by atoms with Gasteiger partial charge >= 0.3 is 22.7 Å². The number of carbonyl (C=O) groups is 6. The molecule has 1 amide bonds. The predicted octanol–water partition coefficient (Wildman–Crippen LogP) is 9.07. The Morgan fingerprint density at radius 3 is 1.50 bits per heavy atom. The first-order chi connectivity index (χ1) is 35.7. The molecule has 3 atom stereocenters. The lowest BCUT2D eigenvalue weighted by Gasteiger charge is -2.13. The minimum Gasteiger partial charge on any atom is -0.508 e. The van der Waals surface area contributed by atoms with Gasteiger partial charge in [0.1, 0.15) is 48.6 Å². The summed E-state index contributed by atoms with van der Waals surface area (Å²) in [6.07, 6.45) is 2.74. The molecule has 0 spiro atoms. The first-order valence-corrected chi connectivity index (χ1v) is 24.7. The van der Waals surface area contributed by atoms with Crippen LogP contribution in [0, 0.1) is 0 Å². The summed E-state index contributed by atoms with van der Waals surface area (Å²) >= 11 is 10.5. The number of Topliss-reactive ketones (excluding diaryl/α,β-unsaturated/α-hetero) is 2. The number of ether oxygens (including phenoxy) is 4. The van der Waals surface area contributed by atoms with Crippen LogP contribution in [-0.4, -0.2) is 81.1 Å². The van der Waals surface area contributed by atoms with Crippen LogP contribution in [0.5, 0.6) is 17.2 Å². The van der Waals surface area contributed by atoms with Gasteiger partial charge in [0, 0.05) is 48.1 Å². The molecule has 6 aromatic rings. The number of phenolic OH excluding ortho intramolecular Hbond substituents is 1. The quantitative estimate of drug-likeness (QED) is 0.00655. The zero-order chi connectivity index (χ0) is 54.1. The molecule has 17 nitrogen and oxygen atoms in total. The molecular formula is C54H57Cl2IN4O13. The van der Waals surface area contributed by atoms with Crippen LogP contribution in [0.1, 0.15) is 51.0 Å². The molecule has 392 valence electrons. The standard InChI is InChI=1S/C17H15NO4.C16H15NO4.C16H17NO3.C4H8O.CCl2O.H2IN/c19-16-15(18-17(20)22-16)10-12-6-8-14(9-7-12)21-11-13-4-2-1-3-5-13;18-13-8-6-11(7-9-13)10-14(17-21)16(20)15(19)12-4-2-1-3-5-12;17-15(16(18)19)10-12-6-8-14(9-7-12)20-11-13-4-2-1-3-5-13;1-2-4-5-3-1;2-1(3)4;1-2/h1-9,15H,10-11H2,(H,18,20);1-9,14,17-18,21H,10H2;1-9,15H,10-11,17H2,(H,18,19);1-4H2;;2H2/t15-;14-;15-;;;/m010.../s1. The minimum atomic E-state index is -1.03. The zero-order valence-electron chi connectivity index (χ0n) is 39.9. The Hall–Kier alpha value is -6.75. The lowest BCUT2D eigenvalue weighted by molar-refractivity contribution is -0.138. The smallest absolute Gasteiger partial charge is 0.415 e. The third kappa shape index (κ3) is 24.8. The molecule has 0 radical (unpaired) electrons. The Morgan fingerprint density at radius 2 is 1.09 bits per heavy atom. The molecule has 74 heavy (non-hydrogen) atoms. The number of amides is 1. The number of nitrogens with one attached hydrogen (secondary N) is 2. The normalized spacial score (nSPS) is 13.7. The highest BCUT2D eigenvalue weighted by Gasteiger charge is 2.32. The van der Waals surface area contributed by atoms with E-state index in [1.54, 1.807) is 65.3 Å². The highest BCUT2D eigenvalue weighted by atomic mass is 127. The summed E-state index contributed by atoms with van der Waals surface area (Å²) in [6.45, 7) is 3.01. The second-order valence-corrected chi connectivity index (χ2v) is 16.6. The van der Waals surface area contributed by atoms with Crippen LogP contribution in [0.2, 0.25) is 0 Å². The molecule has 2 saturated heterocycles. The van der Waals surface area contributed by atoms with Gasteiger partial charge in [0.25, 0.3) is 0 Å². The van der Waals surface area contributed by atoms with E-state index in [4.69, 9.17) is 35.1 Å². The maximum Gasteiger partial charge on any atom is 0.415 e. The van der Waals surface area contributed by atoms with Gasteiger partial charge in [-0.3, -0.25) is 23.1 Å². The zero-order valence-corrected chi connectivity index (χ0v) is 43.6. The van der Waals surface area contributed by atoms with Gasteiger partial charge in [-0.15, -0.1) is 0 Å². The average Bonchev–Trinajstić information content (AvgIpc) is 4.12. The van der Waals surface area contributed by atoms with E-state index in [1.165, 1.54) is 25.0 Å². The number of phenols is 1. The molecule has 0 aromatic heterocycles. The summed E-state index contributed by atoms with van der Waals surface area (Å²) in [4.78, 5) is 66.2. The van der Waals surface area contributed by atoms with Gasteiger partial charge in [0.15, 0.2) is 0 Å². The number of carbonyl (C=O) groups excluding carboxylic acids is 5. The SMILES string of the molecule is C1CCOC1.NI.N[C@@H](Cc1ccc(OCc2ccccc2)cc1)C(=O)O.O=C(C(=O)[C@@H](Cc1ccc(O)cc1)NO)c1ccccc1.O=C(Cl)Cl.O=C1N[C@@H](Cc2ccc(OCc3ccccc3)cc2)C(=O)O1. The van der Waals surface area contributed by atoms with Crippen molar-refractivity contribution in [1.82, 2.24) is 10.8 Å². The number of carboxylic acid groups (broad SMARTS) is 1. The molecule has 0 bridgehead atoms. The number of halogens is 3. The largest absolute Gasteiger partial charge is 0.508 e. The number of cyclic esters (lactones) is 2. The Balaban J connectivity index is 0.000000265. The number of hydrogen-bond acceptors (Lipinski definition) is 15. The third-order valence-corrected chi connectivity index (χ3v) is 10.3. The van der Waals surface area contributed by atoms with E-state index in [0.29, 0.717) is 31.6 Å². The highest BCUT2D eigenvalue weighted by Crippen LogP contribution is 2.18. The van der Waals surface area contributed by atoms with Gasteiger partial charge in [-0.05, 0) is 113 Å². The molecule has 6 aromatic carbocycles. The Kier molecular flexibility index (Phi) is 29.5. The molecule has 0 aliphatic carbocycles. The van der Waals surface area contributed by atoms with Crippen LogP contribution in [-0.2, 0) is 56.3 Å². The second kappa shape index (κ2) is 35.4. The summed E-state index contributed by atoms with van der Waals surface area (Å²) in [6, 6.07) is 46.5. The van der Waals surface area contributed by atoms with Crippen molar-refractivity contribution in [2.45, 2.75) is 63.4 Å². The van der Waals surface area contributed by atoms with Crippen molar-refractivity contribution in [3.8, 4) is 17.2 Å². The van der Waals surface area contributed by atoms with Crippen LogP contribution >= 0.6 is 46.1 Å². The summed E-state index contributed by atoms with van der Waals surface area (Å²) in [5.74, 6) is -1.27. The van der Waals surface area contributed by atoms with E-state index < -0.39 is 52.4 Å². The van der Waals surface area contributed by atoms with Crippen LogP contribution in [0.25, 0.3) is 0 Å². The van der Waals surface area contributed by atoms with Crippen molar-refractivity contribution in [3.63, 3.8) is 0 Å². The van der Waals surface area contributed by atoms with Gasteiger partial charge in [0.05, 0.1) is 0 Å². The van der Waals surface area contributed by atoms with Crippen molar-refractivity contribution >= 4 is 80.4 Å². The van der Waals surface area contributed by atoms with E-state index in [9.17, 15) is 29.1 Å². The second-order valence-electron chi connectivity index (χ2n) is 15.8. The fraction of sp³-hybridized carbons (Fsp3) is 0.222. The Labute approximate surface area is 452 Å². The van der Waals surface area contributed by atoms with E-state index in [1.807, 2.05) is 115 Å². The van der Waals surface area contributed by atoms with Crippen LogP contribution in [0.3, 0.4) is 0 Å². The highest BCUT2D eigenvalue weighted by molar-refractivity contribution is 14.1. The van der Waals surface area contributed by atoms with E-state index in [2.05, 4.69) is 37.2 Å². The van der Waals surface area contributed by atoms with Gasteiger partial charge in [0.2, 0.25) is 11.6 Å². The fourth-order valence-corrected chi connectivity index (χ4v) is 6.49. The number of hydroxylamine groups is 1. The first kappa shape index (κ1) is 61.5. The van der Waals surface area contributed by atoms with E-state index >= 15 is 0 Å². The monoisotopic (exact) mass is 1170 g/mol. The molecule has 2 aliphatic rings. The summed E-state index contributed by atoms with van der Waals surface area (Å²) in [7, 11) is 0. The van der Waals surface area contributed by atoms with E-state index in [-0.39, 0.29) is 17.7 Å². The molecular weight excluding hydrogens is 1110 g/mol. The number of rotatable bonds is 17. The fourth-order valence-electron chi connectivity index (χ4n) is 6.49. The number of aromatic hydroxyl groups is 1. The lowest BCUT2D eigenvalue weighted by atomic mass is 9.97. The maximum absolute atomic E-state index is 12.1. The summed E-state index contributed by atoms with van der Waals surface area (Å²) < 4.78 is 24.3. The summed E-state index contributed by atoms with van der Waals surface area (Å²) in [5.41, 5.74) is 12.4. The topological polar surface area (TPSA) is 276 Å². The van der Waals surface area contributed by atoms with Crippen LogP contribution in [0.4, 0.5) is 9.59 Å². The number of alkyl carbamates (subject to hydrolysis) is 1. The number of nitrogens with two attached hydrogens (primary N) is 2. The Bertz CT molecular complexity index is 2590. The molecule has 0 saturated carbocycles. The van der Waals surface area contributed by atoms with Crippen LogP contribution in [0.15, 0.2) is 164 Å². The number of aliphatic carboxylic acids is 1. The van der Waals surface area contributed by atoms with Gasteiger partial charge < -0.3 is 45.4 Å². The van der Waals surface area contributed by atoms with Crippen molar-refractivity contribution in [3.05, 3.63) is 197 Å². The van der Waals surface area contributed by atoms with Gasteiger partial charge in [-0.1, -0.05) is 127 Å². The molecule has 9 N–H and O–H groups in total. The molecule has 2 aliphatic heterocycles. The van der Waals surface area contributed by atoms with E-state index in [0.717, 1.165) is 47.0 Å². The minimum absolute atomic E-state index is 0.110. The van der Waals surface area contributed by atoms with Crippen molar-refractivity contribution in [2.24, 2.45) is 9.68 Å². The number of carboxylic acids is 1. The molecule has 8 rings (SSSR count). The number of ketones is 2. The van der Waals surface area contributed by atoms with Crippen molar-refractivity contribution in [1.29, 1.82) is 0 Å². The first-order valence-electron chi connectivity index (χ1n) is 22.7. The molecule has 2 fully saturated rings. The average molecular weight is 1170 g/mol. The van der Waals surface area contributed by atoms with Crippen molar-refractivity contribution in [2.75, 3.05) is 13.2 Å². The van der Waals surface area contributed by atoms with Gasteiger partial charge in [-0.25, -0.2) is 9.59 Å². The molecule has 2 heterocycles. The number of hydrogen-bond donors (Lipinski definition) is 7. The summed E-state index contributed by atoms with van der Waals surface area (Å²) in [5, 5.41) is 29.6. The van der Waals surface area contributed by atoms with Gasteiger partial charge in [-0.2, -0.15) is 5.48 Å².